The van der Waals surface area contributed by atoms with Crippen molar-refractivity contribution in [3.63, 3.8) is 0 Å². The lowest BCUT2D eigenvalue weighted by Gasteiger charge is -2.15. The molecule has 0 aliphatic rings. The third-order valence-corrected chi connectivity index (χ3v) is 8.42. The van der Waals surface area contributed by atoms with Crippen LogP contribution >= 0.6 is 0 Å². The number of para-hydroxylation sites is 6. The molecule has 0 N–H and O–H groups in total. The van der Waals surface area contributed by atoms with Gasteiger partial charge in [0.2, 0.25) is 5.95 Å². The van der Waals surface area contributed by atoms with Gasteiger partial charge in [-0.15, -0.1) is 0 Å². The van der Waals surface area contributed by atoms with Gasteiger partial charge >= 0.3 is 0 Å². The summed E-state index contributed by atoms with van der Waals surface area (Å²) in [7, 11) is 0. The molecule has 10 rings (SSSR count). The second-order valence-corrected chi connectivity index (χ2v) is 10.8. The van der Waals surface area contributed by atoms with Crippen LogP contribution in [0.3, 0.4) is 0 Å². The van der Waals surface area contributed by atoms with E-state index in [1.165, 1.54) is 4.57 Å². The molecule has 4 aromatic heterocycles. The highest BCUT2D eigenvalue weighted by Crippen LogP contribution is 2.40. The van der Waals surface area contributed by atoms with E-state index in [0.717, 1.165) is 27.5 Å². The van der Waals surface area contributed by atoms with E-state index in [9.17, 15) is 0 Å². The fraction of sp³-hybridized carbons (Fsp3) is 0. The second-order valence-electron chi connectivity index (χ2n) is 10.8. The molecule has 0 aliphatic carbocycles. The van der Waals surface area contributed by atoms with Crippen molar-refractivity contribution >= 4 is 65.7 Å². The average Bonchev–Trinajstić information content (AvgIpc) is 3.86. The molecule has 10 aromatic rings. The van der Waals surface area contributed by atoms with Crippen LogP contribution in [-0.4, -0.2) is 19.1 Å². The molecule has 0 bridgehead atoms. The van der Waals surface area contributed by atoms with Gasteiger partial charge in [-0.25, -0.2) is 9.97 Å². The number of rotatable bonds is 3. The van der Waals surface area contributed by atoms with Gasteiger partial charge in [0.1, 0.15) is 16.8 Å². The summed E-state index contributed by atoms with van der Waals surface area (Å²) < 4.78 is 80.0. The summed E-state index contributed by atoms with van der Waals surface area (Å²) in [6.07, 6.45) is 0. The molecule has 0 saturated heterocycles. The highest BCUT2D eigenvalue weighted by molar-refractivity contribution is 6.12. The van der Waals surface area contributed by atoms with Crippen molar-refractivity contribution in [2.24, 2.45) is 0 Å². The fourth-order valence-corrected chi connectivity index (χ4v) is 6.53. The quantitative estimate of drug-likeness (QED) is 0.208. The smallest absolute Gasteiger partial charge is 0.236 e. The van der Waals surface area contributed by atoms with Crippen LogP contribution in [0.5, 0.6) is 0 Å². The molecule has 6 aromatic carbocycles. The third kappa shape index (κ3) is 3.38. The van der Waals surface area contributed by atoms with E-state index in [4.69, 9.17) is 25.4 Å². The van der Waals surface area contributed by atoms with E-state index in [0.29, 0.717) is 33.3 Å². The molecule has 0 radical (unpaired) electrons. The predicted octanol–water partition coefficient (Wildman–Crippen LogP) is 10.2. The number of hydrogen-bond acceptors (Lipinski definition) is 3. The van der Waals surface area contributed by atoms with Gasteiger partial charge in [-0.05, 0) is 42.4 Å². The number of aromatic nitrogens is 4. The maximum atomic E-state index is 9.06. The molecule has 5 nitrogen and oxygen atoms in total. The summed E-state index contributed by atoms with van der Waals surface area (Å²) in [5.41, 5.74) is 5.04. The number of fused-ring (bicyclic) bond motifs is 9. The Hall–Kier alpha value is -6.20. The summed E-state index contributed by atoms with van der Waals surface area (Å²) in [4.78, 5) is 10.1. The summed E-state index contributed by atoms with van der Waals surface area (Å²) in [5, 5.41) is 2.72. The Bertz CT molecular complexity index is 3110. The average molecular weight is 585 g/mol. The zero-order valence-corrected chi connectivity index (χ0v) is 23.4. The first-order valence-corrected chi connectivity index (χ1v) is 14.5. The molecule has 0 unspecified atom stereocenters. The standard InChI is InChI=1S/C40H24N4O/c1-7-19-31-25(13-1)26-14-2-8-20-32(26)43(31)35-23-11-5-17-29(35)37-39-38(30-18-6-12-24-36(30)45-39)42-40(41-37)44-33-21-9-3-15-27(33)28-16-4-10-22-34(28)44/h1-24H/i3D,4D,9D,10D,15D,16D,21D,22D. The highest BCUT2D eigenvalue weighted by atomic mass is 16.3. The molecule has 210 valence electrons. The number of furan rings is 1. The van der Waals surface area contributed by atoms with Gasteiger partial charge < -0.3 is 8.98 Å². The van der Waals surface area contributed by atoms with Crippen molar-refractivity contribution in [2.75, 3.05) is 0 Å². The van der Waals surface area contributed by atoms with Crippen LogP contribution in [-0.2, 0) is 0 Å². The Morgan fingerprint density at radius 3 is 1.80 bits per heavy atom. The van der Waals surface area contributed by atoms with Crippen LogP contribution in [0.2, 0.25) is 0 Å². The van der Waals surface area contributed by atoms with Crippen LogP contribution in [0.25, 0.3) is 88.6 Å². The molecule has 0 saturated carbocycles. The van der Waals surface area contributed by atoms with Crippen LogP contribution in [0.1, 0.15) is 11.0 Å². The predicted molar refractivity (Wildman–Crippen MR) is 183 cm³/mol. The Balaban J connectivity index is 1.40. The zero-order valence-electron chi connectivity index (χ0n) is 31.4. The van der Waals surface area contributed by atoms with Crippen molar-refractivity contribution in [2.45, 2.75) is 0 Å². The van der Waals surface area contributed by atoms with Crippen molar-refractivity contribution < 1.29 is 15.4 Å². The largest absolute Gasteiger partial charge is 0.452 e. The lowest BCUT2D eigenvalue weighted by atomic mass is 10.1. The first-order chi connectivity index (χ1) is 25.7. The minimum atomic E-state index is -0.521. The monoisotopic (exact) mass is 584 g/mol. The summed E-state index contributed by atoms with van der Waals surface area (Å²) in [6.45, 7) is 0. The van der Waals surface area contributed by atoms with E-state index in [2.05, 4.69) is 28.8 Å². The molecular formula is C40H24N4O. The summed E-state index contributed by atoms with van der Waals surface area (Å²) >= 11 is 0. The highest BCUT2D eigenvalue weighted by Gasteiger charge is 2.23. The van der Waals surface area contributed by atoms with Gasteiger partial charge in [-0.2, -0.15) is 0 Å². The molecule has 5 heteroatoms. The maximum absolute atomic E-state index is 9.06. The van der Waals surface area contributed by atoms with E-state index in [1.807, 2.05) is 72.8 Å². The lowest BCUT2D eigenvalue weighted by molar-refractivity contribution is 0.666. The van der Waals surface area contributed by atoms with E-state index < -0.39 is 48.3 Å². The summed E-state index contributed by atoms with van der Waals surface area (Å²) in [5.74, 6) is -0.0499. The molecule has 45 heavy (non-hydrogen) atoms. The first-order valence-electron chi connectivity index (χ1n) is 18.5. The van der Waals surface area contributed by atoms with E-state index in [-0.39, 0.29) is 27.8 Å². The van der Waals surface area contributed by atoms with Gasteiger partial charge in [0, 0.05) is 32.5 Å². The van der Waals surface area contributed by atoms with Crippen LogP contribution in [0, 0.1) is 0 Å². The van der Waals surface area contributed by atoms with Gasteiger partial charge in [-0.3, -0.25) is 4.57 Å². The lowest BCUT2D eigenvalue weighted by Crippen LogP contribution is -2.04. The Morgan fingerprint density at radius 2 is 1.09 bits per heavy atom. The Labute approximate surface area is 268 Å². The van der Waals surface area contributed by atoms with E-state index in [1.54, 1.807) is 0 Å². The topological polar surface area (TPSA) is 48.8 Å². The minimum absolute atomic E-state index is 0.0499. The van der Waals surface area contributed by atoms with Crippen molar-refractivity contribution in [1.29, 1.82) is 0 Å². The number of nitrogens with zero attached hydrogens (tertiary/aromatic N) is 4. The Kier molecular flexibility index (Phi) is 3.62. The molecule has 4 heterocycles. The second kappa shape index (κ2) is 9.15. The van der Waals surface area contributed by atoms with Crippen molar-refractivity contribution in [1.82, 2.24) is 19.1 Å². The molecule has 0 amide bonds. The molecule has 0 atom stereocenters. The first kappa shape index (κ1) is 17.8. The normalized spacial score (nSPS) is 14.5. The van der Waals surface area contributed by atoms with Crippen molar-refractivity contribution in [3.05, 3.63) is 145 Å². The SMILES string of the molecule is [2H]c1c([2H])c([2H])c2c(c1[2H])c1c([2H])c([2H])c([2H])c([2H])c1n2-c1nc(-c2ccccc2-n2c3ccccc3c3ccccc32)c2oc3ccccc3c2n1. The molecule has 0 fully saturated rings. The zero-order chi connectivity index (χ0) is 36.4. The van der Waals surface area contributed by atoms with Crippen molar-refractivity contribution in [3.8, 4) is 22.9 Å². The maximum Gasteiger partial charge on any atom is 0.236 e. The summed E-state index contributed by atoms with van der Waals surface area (Å²) in [6, 6.07) is 27.7. The molecular weight excluding hydrogens is 552 g/mol. The van der Waals surface area contributed by atoms with Gasteiger partial charge in [-0.1, -0.05) is 103 Å². The molecule has 0 aliphatic heterocycles. The molecule has 0 spiro atoms. The number of hydrogen-bond donors (Lipinski definition) is 0. The van der Waals surface area contributed by atoms with Gasteiger partial charge in [0.25, 0.3) is 0 Å². The van der Waals surface area contributed by atoms with Gasteiger partial charge in [0.15, 0.2) is 5.58 Å². The number of benzene rings is 6. The van der Waals surface area contributed by atoms with Gasteiger partial charge in [0.05, 0.1) is 38.7 Å². The van der Waals surface area contributed by atoms with Crippen LogP contribution in [0.15, 0.2) is 150 Å². The van der Waals surface area contributed by atoms with Crippen LogP contribution < -0.4 is 0 Å². The Morgan fingerprint density at radius 1 is 0.511 bits per heavy atom. The van der Waals surface area contributed by atoms with E-state index >= 15 is 0 Å². The minimum Gasteiger partial charge on any atom is -0.452 e. The fourth-order valence-electron chi connectivity index (χ4n) is 6.53. The van der Waals surface area contributed by atoms with Crippen LogP contribution in [0.4, 0.5) is 0 Å². The third-order valence-electron chi connectivity index (χ3n) is 8.42.